The van der Waals surface area contributed by atoms with E-state index in [0.717, 1.165) is 0 Å². The minimum atomic E-state index is 0.00704. The van der Waals surface area contributed by atoms with Gasteiger partial charge in [0.2, 0.25) is 0 Å². The Kier molecular flexibility index (Phi) is 5.80. The number of likely N-dealkylation sites (N-methyl/N-ethyl adjacent to an activating group) is 1. The van der Waals surface area contributed by atoms with Crippen LogP contribution in [0.25, 0.3) is 0 Å². The summed E-state index contributed by atoms with van der Waals surface area (Å²) in [5.41, 5.74) is 0. The number of ether oxygens (including phenoxy) is 1. The Balaban J connectivity index is 2.04. The molecular weight excluding hydrogens is 300 g/mol. The molecule has 0 saturated carbocycles. The highest BCUT2D eigenvalue weighted by atomic mass is 35.5. The predicted molar refractivity (Wildman–Crippen MR) is 79.6 cm³/mol. The number of nitrogens with zero attached hydrogens (tertiary/aromatic N) is 2. The minimum absolute atomic E-state index is 0.00704. The van der Waals surface area contributed by atoms with E-state index in [9.17, 15) is 4.79 Å². The van der Waals surface area contributed by atoms with Crippen molar-refractivity contribution in [1.29, 1.82) is 0 Å². The molecule has 1 fully saturated rings. The highest BCUT2D eigenvalue weighted by Crippen LogP contribution is 2.24. The molecule has 7 heteroatoms. The number of amides is 1. The summed E-state index contributed by atoms with van der Waals surface area (Å²) in [7, 11) is 1.93. The molecule has 1 amide bonds. The van der Waals surface area contributed by atoms with Crippen LogP contribution >= 0.6 is 22.9 Å². The lowest BCUT2D eigenvalue weighted by molar-refractivity contribution is -0.0107. The van der Waals surface area contributed by atoms with Gasteiger partial charge < -0.3 is 19.6 Å². The lowest BCUT2D eigenvalue weighted by atomic mass is 10.2. The Morgan fingerprint density at radius 1 is 1.65 bits per heavy atom. The van der Waals surface area contributed by atoms with Gasteiger partial charge in [0.1, 0.15) is 0 Å². The molecule has 20 heavy (non-hydrogen) atoms. The quantitative estimate of drug-likeness (QED) is 0.885. The van der Waals surface area contributed by atoms with Crippen molar-refractivity contribution in [1.82, 2.24) is 9.80 Å². The normalized spacial score (nSPS) is 19.6. The van der Waals surface area contributed by atoms with E-state index >= 15 is 0 Å². The first-order chi connectivity index (χ1) is 9.61. The summed E-state index contributed by atoms with van der Waals surface area (Å²) in [5, 5.41) is 8.96. The van der Waals surface area contributed by atoms with Crippen LogP contribution in [0.1, 0.15) is 9.67 Å². The number of hydrogen-bond donors (Lipinski definition) is 1. The van der Waals surface area contributed by atoms with Crippen molar-refractivity contribution in [2.45, 2.75) is 6.04 Å². The van der Waals surface area contributed by atoms with Gasteiger partial charge in [0.25, 0.3) is 5.91 Å². The molecule has 1 saturated heterocycles. The number of halogens is 1. The SMILES string of the molecule is CN(CCO)CC1COCCN1C(=O)c1ccc(Cl)s1. The van der Waals surface area contributed by atoms with Gasteiger partial charge in [0.05, 0.1) is 35.1 Å². The van der Waals surface area contributed by atoms with Crippen molar-refractivity contribution in [3.05, 3.63) is 21.3 Å². The number of hydrogen-bond acceptors (Lipinski definition) is 5. The summed E-state index contributed by atoms with van der Waals surface area (Å²) in [6, 6.07) is 3.51. The molecule has 1 aliphatic heterocycles. The van der Waals surface area contributed by atoms with E-state index in [4.69, 9.17) is 21.4 Å². The highest BCUT2D eigenvalue weighted by molar-refractivity contribution is 7.17. The van der Waals surface area contributed by atoms with E-state index in [1.807, 2.05) is 16.8 Å². The number of carbonyl (C=O) groups is 1. The fourth-order valence-electron chi connectivity index (χ4n) is 2.27. The lowest BCUT2D eigenvalue weighted by Gasteiger charge is -2.37. The molecule has 0 radical (unpaired) electrons. The number of aliphatic hydroxyl groups is 1. The zero-order valence-electron chi connectivity index (χ0n) is 11.4. The van der Waals surface area contributed by atoms with Crippen LogP contribution in [0.15, 0.2) is 12.1 Å². The summed E-state index contributed by atoms with van der Waals surface area (Å²) in [6.45, 7) is 3.06. The third-order valence-corrected chi connectivity index (χ3v) is 4.50. The third kappa shape index (κ3) is 3.93. The molecule has 112 valence electrons. The Hall–Kier alpha value is -0.660. The highest BCUT2D eigenvalue weighted by Gasteiger charge is 2.29. The first kappa shape index (κ1) is 15.7. The zero-order chi connectivity index (χ0) is 14.5. The van der Waals surface area contributed by atoms with Crippen LogP contribution in [0.2, 0.25) is 4.34 Å². The molecule has 1 atom stereocenters. The average Bonchev–Trinajstić information content (AvgIpc) is 2.85. The van der Waals surface area contributed by atoms with Gasteiger partial charge in [0, 0.05) is 19.6 Å². The van der Waals surface area contributed by atoms with Gasteiger partial charge in [-0.05, 0) is 19.2 Å². The van der Waals surface area contributed by atoms with Crippen LogP contribution in [-0.2, 0) is 4.74 Å². The van der Waals surface area contributed by atoms with Crippen LogP contribution in [0, 0.1) is 0 Å². The molecule has 5 nitrogen and oxygen atoms in total. The molecule has 1 unspecified atom stereocenters. The van der Waals surface area contributed by atoms with Crippen molar-refractivity contribution in [2.75, 3.05) is 46.5 Å². The van der Waals surface area contributed by atoms with E-state index < -0.39 is 0 Å². The number of aliphatic hydroxyl groups excluding tert-OH is 1. The fraction of sp³-hybridized carbons (Fsp3) is 0.615. The second-order valence-corrected chi connectivity index (χ2v) is 6.53. The molecule has 0 bridgehead atoms. The van der Waals surface area contributed by atoms with Gasteiger partial charge in [-0.2, -0.15) is 0 Å². The van der Waals surface area contributed by atoms with Crippen LogP contribution in [0.5, 0.6) is 0 Å². The summed E-state index contributed by atoms with van der Waals surface area (Å²) < 4.78 is 6.10. The van der Waals surface area contributed by atoms with Gasteiger partial charge in [-0.25, -0.2) is 0 Å². The standard InChI is InChI=1S/C13H19ClN2O3S/c1-15(4-6-17)8-10-9-19-7-5-16(10)13(18)11-2-3-12(14)20-11/h2-3,10,17H,4-9H2,1H3. The van der Waals surface area contributed by atoms with Crippen molar-refractivity contribution < 1.29 is 14.6 Å². The van der Waals surface area contributed by atoms with E-state index in [1.165, 1.54) is 11.3 Å². The predicted octanol–water partition coefficient (Wildman–Crippen LogP) is 1.17. The summed E-state index contributed by atoms with van der Waals surface area (Å²) in [5.74, 6) is 0.00704. The molecular formula is C13H19ClN2O3S. The van der Waals surface area contributed by atoms with Crippen molar-refractivity contribution in [3.8, 4) is 0 Å². The number of carbonyl (C=O) groups excluding carboxylic acids is 1. The van der Waals surface area contributed by atoms with Crippen molar-refractivity contribution in [2.24, 2.45) is 0 Å². The molecule has 0 spiro atoms. The van der Waals surface area contributed by atoms with Crippen molar-refractivity contribution >= 4 is 28.8 Å². The average molecular weight is 319 g/mol. The smallest absolute Gasteiger partial charge is 0.264 e. The summed E-state index contributed by atoms with van der Waals surface area (Å²) in [4.78, 5) is 17.0. The number of morpholine rings is 1. The van der Waals surface area contributed by atoms with E-state index in [-0.39, 0.29) is 18.6 Å². The first-order valence-corrected chi connectivity index (χ1v) is 7.74. The zero-order valence-corrected chi connectivity index (χ0v) is 13.0. The van der Waals surface area contributed by atoms with Crippen LogP contribution < -0.4 is 0 Å². The van der Waals surface area contributed by atoms with Gasteiger partial charge in [0.15, 0.2) is 0 Å². The van der Waals surface area contributed by atoms with E-state index in [0.29, 0.717) is 42.1 Å². The Morgan fingerprint density at radius 3 is 3.10 bits per heavy atom. The molecule has 0 aromatic carbocycles. The number of thiophene rings is 1. The van der Waals surface area contributed by atoms with Crippen LogP contribution in [0.3, 0.4) is 0 Å². The maximum Gasteiger partial charge on any atom is 0.264 e. The molecule has 1 aliphatic rings. The lowest BCUT2D eigenvalue weighted by Crippen LogP contribution is -2.53. The Morgan fingerprint density at radius 2 is 2.45 bits per heavy atom. The molecule has 2 heterocycles. The topological polar surface area (TPSA) is 53.0 Å². The summed E-state index contributed by atoms with van der Waals surface area (Å²) in [6.07, 6.45) is 0. The fourth-order valence-corrected chi connectivity index (χ4v) is 3.27. The third-order valence-electron chi connectivity index (χ3n) is 3.28. The second-order valence-electron chi connectivity index (χ2n) is 4.82. The van der Waals surface area contributed by atoms with Gasteiger partial charge >= 0.3 is 0 Å². The minimum Gasteiger partial charge on any atom is -0.395 e. The van der Waals surface area contributed by atoms with Crippen molar-refractivity contribution in [3.63, 3.8) is 0 Å². The summed E-state index contributed by atoms with van der Waals surface area (Å²) >= 11 is 7.19. The largest absolute Gasteiger partial charge is 0.395 e. The van der Waals surface area contributed by atoms with E-state index in [2.05, 4.69) is 0 Å². The maximum absolute atomic E-state index is 12.5. The van der Waals surface area contributed by atoms with Crippen LogP contribution in [-0.4, -0.2) is 73.4 Å². The molecule has 2 rings (SSSR count). The molecule has 1 aromatic heterocycles. The Bertz CT molecular complexity index is 455. The molecule has 1 aromatic rings. The Labute approximate surface area is 127 Å². The molecule has 0 aliphatic carbocycles. The van der Waals surface area contributed by atoms with Gasteiger partial charge in [-0.3, -0.25) is 4.79 Å². The second kappa shape index (κ2) is 7.38. The van der Waals surface area contributed by atoms with E-state index in [1.54, 1.807) is 12.1 Å². The number of rotatable bonds is 5. The van der Waals surface area contributed by atoms with Gasteiger partial charge in [-0.1, -0.05) is 11.6 Å². The first-order valence-electron chi connectivity index (χ1n) is 6.55. The maximum atomic E-state index is 12.5. The molecule has 1 N–H and O–H groups in total. The van der Waals surface area contributed by atoms with Gasteiger partial charge in [-0.15, -0.1) is 11.3 Å². The monoisotopic (exact) mass is 318 g/mol. The van der Waals surface area contributed by atoms with Crippen LogP contribution in [0.4, 0.5) is 0 Å².